The normalized spacial score (nSPS) is 18.8. The standard InChI is InChI=1S/C12H20N2O4S/c1-13-9-11-3-4-12(18-11)19(15,16)14-7-5-10(17-2)6-8-14/h3-4,10,13H,5-9H2,1-2H3. The molecule has 0 atom stereocenters. The predicted molar refractivity (Wildman–Crippen MR) is 70.3 cm³/mol. The van der Waals surface area contributed by atoms with Crippen molar-refractivity contribution >= 4 is 10.0 Å². The van der Waals surface area contributed by atoms with Crippen LogP contribution in [0, 0.1) is 0 Å². The number of furan rings is 1. The van der Waals surface area contributed by atoms with Gasteiger partial charge in [0.1, 0.15) is 5.76 Å². The molecule has 1 aromatic rings. The van der Waals surface area contributed by atoms with E-state index in [1.807, 2.05) is 0 Å². The number of sulfonamides is 1. The fourth-order valence-corrected chi connectivity index (χ4v) is 3.60. The number of ether oxygens (including phenoxy) is 1. The van der Waals surface area contributed by atoms with Gasteiger partial charge in [-0.3, -0.25) is 0 Å². The minimum absolute atomic E-state index is 0.0219. The molecule has 0 aromatic carbocycles. The molecule has 1 N–H and O–H groups in total. The lowest BCUT2D eigenvalue weighted by Crippen LogP contribution is -2.40. The molecule has 1 aliphatic heterocycles. The molecular weight excluding hydrogens is 268 g/mol. The summed E-state index contributed by atoms with van der Waals surface area (Å²) in [6.07, 6.45) is 1.60. The van der Waals surface area contributed by atoms with E-state index >= 15 is 0 Å². The first kappa shape index (κ1) is 14.5. The molecule has 1 aromatic heterocycles. The van der Waals surface area contributed by atoms with Gasteiger partial charge < -0.3 is 14.5 Å². The van der Waals surface area contributed by atoms with E-state index in [0.29, 0.717) is 25.4 Å². The fraction of sp³-hybridized carbons (Fsp3) is 0.667. The minimum atomic E-state index is -3.51. The van der Waals surface area contributed by atoms with Crippen LogP contribution >= 0.6 is 0 Å². The zero-order valence-corrected chi connectivity index (χ0v) is 12.1. The van der Waals surface area contributed by atoms with Crippen LogP contribution in [0.4, 0.5) is 0 Å². The van der Waals surface area contributed by atoms with Crippen LogP contribution < -0.4 is 5.32 Å². The third-order valence-electron chi connectivity index (χ3n) is 3.32. The van der Waals surface area contributed by atoms with Crippen molar-refractivity contribution in [2.75, 3.05) is 27.2 Å². The van der Waals surface area contributed by atoms with E-state index in [0.717, 1.165) is 12.8 Å². The largest absolute Gasteiger partial charge is 0.447 e. The van der Waals surface area contributed by atoms with Crippen LogP contribution in [0.1, 0.15) is 18.6 Å². The summed E-state index contributed by atoms with van der Waals surface area (Å²) in [6.45, 7) is 1.47. The number of nitrogens with zero attached hydrogens (tertiary/aromatic N) is 1. The van der Waals surface area contributed by atoms with E-state index in [1.54, 1.807) is 20.2 Å². The van der Waals surface area contributed by atoms with Crippen molar-refractivity contribution in [2.24, 2.45) is 0 Å². The Hall–Kier alpha value is -0.890. The van der Waals surface area contributed by atoms with Crippen LogP contribution in [0.25, 0.3) is 0 Å². The molecule has 0 spiro atoms. The fourth-order valence-electron chi connectivity index (χ4n) is 2.20. The molecule has 6 nitrogen and oxygen atoms in total. The van der Waals surface area contributed by atoms with Gasteiger partial charge in [0.15, 0.2) is 0 Å². The summed E-state index contributed by atoms with van der Waals surface area (Å²) in [5.41, 5.74) is 0. The lowest BCUT2D eigenvalue weighted by molar-refractivity contribution is 0.0601. The summed E-state index contributed by atoms with van der Waals surface area (Å²) in [6, 6.07) is 3.20. The maximum atomic E-state index is 12.4. The molecule has 7 heteroatoms. The molecule has 0 unspecified atom stereocenters. The average Bonchev–Trinajstić information content (AvgIpc) is 2.89. The van der Waals surface area contributed by atoms with Gasteiger partial charge in [-0.05, 0) is 32.0 Å². The summed E-state index contributed by atoms with van der Waals surface area (Å²) in [5, 5.41) is 2.94. The number of nitrogens with one attached hydrogen (secondary N) is 1. The summed E-state index contributed by atoms with van der Waals surface area (Å²) in [4.78, 5) is 0. The van der Waals surface area contributed by atoms with Crippen molar-refractivity contribution in [1.29, 1.82) is 0 Å². The molecule has 1 aliphatic rings. The number of piperidine rings is 1. The second kappa shape index (κ2) is 6.04. The Morgan fingerprint density at radius 3 is 2.68 bits per heavy atom. The zero-order valence-electron chi connectivity index (χ0n) is 11.3. The number of methoxy groups -OCH3 is 1. The van der Waals surface area contributed by atoms with Crippen LogP contribution in [0.15, 0.2) is 21.6 Å². The van der Waals surface area contributed by atoms with Gasteiger partial charge in [0, 0.05) is 20.2 Å². The van der Waals surface area contributed by atoms with Gasteiger partial charge in [-0.25, -0.2) is 8.42 Å². The Kier molecular flexibility index (Phi) is 4.62. The second-order valence-electron chi connectivity index (χ2n) is 4.59. The van der Waals surface area contributed by atoms with Gasteiger partial charge in [0.25, 0.3) is 10.0 Å². The minimum Gasteiger partial charge on any atom is -0.447 e. The smallest absolute Gasteiger partial charge is 0.276 e. The Morgan fingerprint density at radius 2 is 2.11 bits per heavy atom. The SMILES string of the molecule is CNCc1ccc(S(=O)(=O)N2CCC(OC)CC2)o1. The van der Waals surface area contributed by atoms with Gasteiger partial charge in [0.05, 0.1) is 12.6 Å². The Labute approximate surface area is 113 Å². The van der Waals surface area contributed by atoms with E-state index < -0.39 is 10.0 Å². The predicted octanol–water partition coefficient (Wildman–Crippen LogP) is 0.798. The van der Waals surface area contributed by atoms with Crippen molar-refractivity contribution in [3.8, 4) is 0 Å². The van der Waals surface area contributed by atoms with Crippen LogP contribution in [-0.4, -0.2) is 46.1 Å². The van der Waals surface area contributed by atoms with Crippen LogP contribution in [0.2, 0.25) is 0 Å². The lowest BCUT2D eigenvalue weighted by Gasteiger charge is -2.29. The molecule has 0 amide bonds. The Balaban J connectivity index is 2.09. The van der Waals surface area contributed by atoms with E-state index in [2.05, 4.69) is 5.32 Å². The van der Waals surface area contributed by atoms with Crippen molar-refractivity contribution in [3.05, 3.63) is 17.9 Å². The summed E-state index contributed by atoms with van der Waals surface area (Å²) >= 11 is 0. The highest BCUT2D eigenvalue weighted by Gasteiger charge is 2.31. The summed E-state index contributed by atoms with van der Waals surface area (Å²) < 4.78 is 36.8. The molecule has 108 valence electrons. The molecule has 0 aliphatic carbocycles. The van der Waals surface area contributed by atoms with Gasteiger partial charge in [0.2, 0.25) is 5.09 Å². The highest BCUT2D eigenvalue weighted by Crippen LogP contribution is 2.23. The summed E-state index contributed by atoms with van der Waals surface area (Å²) in [5.74, 6) is 0.618. The second-order valence-corrected chi connectivity index (χ2v) is 6.46. The van der Waals surface area contributed by atoms with E-state index in [9.17, 15) is 8.42 Å². The van der Waals surface area contributed by atoms with Crippen molar-refractivity contribution in [1.82, 2.24) is 9.62 Å². The first-order valence-electron chi connectivity index (χ1n) is 6.34. The first-order chi connectivity index (χ1) is 9.07. The van der Waals surface area contributed by atoms with Crippen molar-refractivity contribution in [2.45, 2.75) is 30.6 Å². The summed E-state index contributed by atoms with van der Waals surface area (Å²) in [7, 11) is -0.0658. The Bertz CT molecular complexity index is 504. The van der Waals surface area contributed by atoms with Gasteiger partial charge >= 0.3 is 0 Å². The highest BCUT2D eigenvalue weighted by atomic mass is 32.2. The maximum Gasteiger partial charge on any atom is 0.276 e. The van der Waals surface area contributed by atoms with Crippen molar-refractivity contribution < 1.29 is 17.6 Å². The molecule has 0 bridgehead atoms. The number of rotatable bonds is 5. The molecule has 2 rings (SSSR count). The first-order valence-corrected chi connectivity index (χ1v) is 7.78. The molecule has 19 heavy (non-hydrogen) atoms. The number of hydrogen-bond acceptors (Lipinski definition) is 5. The van der Waals surface area contributed by atoms with Crippen LogP contribution in [-0.2, 0) is 21.3 Å². The quantitative estimate of drug-likeness (QED) is 0.867. The van der Waals surface area contributed by atoms with E-state index in [4.69, 9.17) is 9.15 Å². The van der Waals surface area contributed by atoms with Crippen molar-refractivity contribution in [3.63, 3.8) is 0 Å². The van der Waals surface area contributed by atoms with E-state index in [-0.39, 0.29) is 11.2 Å². The third kappa shape index (κ3) is 3.17. The Morgan fingerprint density at radius 1 is 1.42 bits per heavy atom. The highest BCUT2D eigenvalue weighted by molar-refractivity contribution is 7.89. The number of hydrogen-bond donors (Lipinski definition) is 1. The molecular formula is C12H20N2O4S. The molecule has 0 saturated carbocycles. The maximum absolute atomic E-state index is 12.4. The molecule has 2 heterocycles. The molecule has 0 radical (unpaired) electrons. The lowest BCUT2D eigenvalue weighted by atomic mass is 10.1. The average molecular weight is 288 g/mol. The van der Waals surface area contributed by atoms with Gasteiger partial charge in [-0.15, -0.1) is 0 Å². The molecule has 1 saturated heterocycles. The molecule has 1 fully saturated rings. The van der Waals surface area contributed by atoms with E-state index in [1.165, 1.54) is 10.4 Å². The zero-order chi connectivity index (χ0) is 13.9. The van der Waals surface area contributed by atoms with Gasteiger partial charge in [-0.2, -0.15) is 4.31 Å². The van der Waals surface area contributed by atoms with Crippen LogP contribution in [0.3, 0.4) is 0 Å². The van der Waals surface area contributed by atoms with Gasteiger partial charge in [-0.1, -0.05) is 0 Å². The van der Waals surface area contributed by atoms with Crippen LogP contribution in [0.5, 0.6) is 0 Å². The monoisotopic (exact) mass is 288 g/mol. The topological polar surface area (TPSA) is 71.8 Å². The third-order valence-corrected chi connectivity index (χ3v) is 5.09.